The Hall–Kier alpha value is -4.39. The fourth-order valence-corrected chi connectivity index (χ4v) is 3.78. The van der Waals surface area contributed by atoms with Gasteiger partial charge in [-0.3, -0.25) is 4.79 Å². The Morgan fingerprint density at radius 1 is 1.00 bits per heavy atom. The van der Waals surface area contributed by atoms with Crippen LogP contribution in [-0.4, -0.2) is 33.4 Å². The van der Waals surface area contributed by atoms with Crippen molar-refractivity contribution < 1.29 is 19.7 Å². The van der Waals surface area contributed by atoms with Gasteiger partial charge in [0.1, 0.15) is 17.2 Å². The molecule has 0 saturated heterocycles. The van der Waals surface area contributed by atoms with Crippen LogP contribution >= 0.6 is 0 Å². The summed E-state index contributed by atoms with van der Waals surface area (Å²) in [5.74, 6) is 0.703. The Kier molecular flexibility index (Phi) is 7.49. The SMILES string of the molecule is CCC(=NNC(=O)c1cc(-c2cccc(OCC(C)C)c2)nc2ccccc12)c1cc(O)ccc1O. The lowest BCUT2D eigenvalue weighted by atomic mass is 10.0. The first-order valence-corrected chi connectivity index (χ1v) is 11.9. The third-order valence-corrected chi connectivity index (χ3v) is 5.59. The van der Waals surface area contributed by atoms with E-state index < -0.39 is 5.91 Å². The summed E-state index contributed by atoms with van der Waals surface area (Å²) in [5, 5.41) is 24.9. The smallest absolute Gasteiger partial charge is 0.272 e. The van der Waals surface area contributed by atoms with Crippen LogP contribution in [0.25, 0.3) is 22.2 Å². The number of aromatic nitrogens is 1. The Bertz CT molecular complexity index is 1430. The van der Waals surface area contributed by atoms with Gasteiger partial charge >= 0.3 is 0 Å². The molecule has 0 bridgehead atoms. The molecule has 0 unspecified atom stereocenters. The van der Waals surface area contributed by atoms with Crippen molar-refractivity contribution in [2.75, 3.05) is 6.61 Å². The number of phenolic OH excluding ortho intramolecular Hbond substituents is 2. The zero-order chi connectivity index (χ0) is 25.7. The van der Waals surface area contributed by atoms with E-state index in [0.717, 1.165) is 11.3 Å². The van der Waals surface area contributed by atoms with Gasteiger partial charge in [0, 0.05) is 16.5 Å². The van der Waals surface area contributed by atoms with Crippen molar-refractivity contribution in [1.29, 1.82) is 0 Å². The van der Waals surface area contributed by atoms with Crippen molar-refractivity contribution in [1.82, 2.24) is 10.4 Å². The van der Waals surface area contributed by atoms with E-state index in [0.29, 0.717) is 52.4 Å². The van der Waals surface area contributed by atoms with Crippen molar-refractivity contribution in [3.63, 3.8) is 0 Å². The summed E-state index contributed by atoms with van der Waals surface area (Å²) < 4.78 is 5.87. The summed E-state index contributed by atoms with van der Waals surface area (Å²) in [6.45, 7) is 6.64. The number of carbonyl (C=O) groups is 1. The number of aromatic hydroxyl groups is 2. The fraction of sp³-hybridized carbons (Fsp3) is 0.207. The molecule has 36 heavy (non-hydrogen) atoms. The van der Waals surface area contributed by atoms with E-state index in [-0.39, 0.29) is 11.5 Å². The molecule has 1 heterocycles. The number of ether oxygens (including phenoxy) is 1. The zero-order valence-electron chi connectivity index (χ0n) is 20.5. The lowest BCUT2D eigenvalue weighted by molar-refractivity contribution is 0.0956. The summed E-state index contributed by atoms with van der Waals surface area (Å²) in [6.07, 6.45) is 0.433. The van der Waals surface area contributed by atoms with Gasteiger partial charge in [-0.2, -0.15) is 5.10 Å². The summed E-state index contributed by atoms with van der Waals surface area (Å²) in [5.41, 5.74) is 5.98. The molecule has 184 valence electrons. The minimum Gasteiger partial charge on any atom is -0.508 e. The topological polar surface area (TPSA) is 104 Å². The number of rotatable bonds is 8. The predicted octanol–water partition coefficient (Wildman–Crippen LogP) is 5.89. The molecule has 0 spiro atoms. The fourth-order valence-electron chi connectivity index (χ4n) is 3.78. The second kappa shape index (κ2) is 10.9. The second-order valence-electron chi connectivity index (χ2n) is 8.86. The van der Waals surface area contributed by atoms with Crippen molar-refractivity contribution >= 4 is 22.5 Å². The van der Waals surface area contributed by atoms with Gasteiger partial charge in [0.25, 0.3) is 5.91 Å². The molecule has 7 nitrogen and oxygen atoms in total. The van der Waals surface area contributed by atoms with E-state index in [2.05, 4.69) is 24.4 Å². The summed E-state index contributed by atoms with van der Waals surface area (Å²) in [4.78, 5) is 18.1. The number of para-hydroxylation sites is 1. The zero-order valence-corrected chi connectivity index (χ0v) is 20.5. The average molecular weight is 484 g/mol. The number of benzene rings is 3. The van der Waals surface area contributed by atoms with Crippen LogP contribution in [-0.2, 0) is 0 Å². The van der Waals surface area contributed by atoms with Crippen LogP contribution in [0.15, 0.2) is 77.9 Å². The molecule has 3 aromatic carbocycles. The van der Waals surface area contributed by atoms with Crippen LogP contribution < -0.4 is 10.2 Å². The van der Waals surface area contributed by atoms with Gasteiger partial charge in [0.2, 0.25) is 0 Å². The molecule has 0 aliphatic carbocycles. The number of fused-ring (bicyclic) bond motifs is 1. The lowest BCUT2D eigenvalue weighted by Crippen LogP contribution is -2.20. The van der Waals surface area contributed by atoms with E-state index in [1.807, 2.05) is 55.5 Å². The van der Waals surface area contributed by atoms with E-state index >= 15 is 0 Å². The van der Waals surface area contributed by atoms with Crippen LogP contribution in [0.4, 0.5) is 0 Å². The Morgan fingerprint density at radius 2 is 1.81 bits per heavy atom. The standard InChI is InChI=1S/C29H29N3O4/c1-4-25(24-15-20(33)12-13-28(24)34)31-32-29(35)23-16-27(30-26-11-6-5-10-22(23)26)19-8-7-9-21(14-19)36-17-18(2)3/h5-16,18,33-34H,4,17H2,1-3H3,(H,32,35). The molecule has 4 rings (SSSR count). The van der Waals surface area contributed by atoms with Crippen molar-refractivity contribution in [2.45, 2.75) is 27.2 Å². The van der Waals surface area contributed by atoms with E-state index in [1.165, 1.54) is 18.2 Å². The second-order valence-corrected chi connectivity index (χ2v) is 8.86. The molecule has 1 aromatic heterocycles. The van der Waals surface area contributed by atoms with Gasteiger partial charge < -0.3 is 14.9 Å². The average Bonchev–Trinajstić information content (AvgIpc) is 2.89. The van der Waals surface area contributed by atoms with E-state index in [4.69, 9.17) is 9.72 Å². The van der Waals surface area contributed by atoms with Crippen LogP contribution in [0.5, 0.6) is 17.2 Å². The molecule has 7 heteroatoms. The number of nitrogens with one attached hydrogen (secondary N) is 1. The van der Waals surface area contributed by atoms with Gasteiger partial charge in [0.15, 0.2) is 0 Å². The molecular formula is C29H29N3O4. The molecule has 0 radical (unpaired) electrons. The summed E-state index contributed by atoms with van der Waals surface area (Å²) >= 11 is 0. The van der Waals surface area contributed by atoms with Crippen LogP contribution in [0.3, 0.4) is 0 Å². The number of hydrogen-bond acceptors (Lipinski definition) is 6. The largest absolute Gasteiger partial charge is 0.508 e. The van der Waals surface area contributed by atoms with Gasteiger partial charge in [0.05, 0.1) is 29.1 Å². The van der Waals surface area contributed by atoms with Crippen molar-refractivity contribution in [2.24, 2.45) is 11.0 Å². The van der Waals surface area contributed by atoms with Crippen LogP contribution in [0, 0.1) is 5.92 Å². The van der Waals surface area contributed by atoms with Crippen LogP contribution in [0.1, 0.15) is 43.1 Å². The Morgan fingerprint density at radius 3 is 2.58 bits per heavy atom. The number of phenols is 2. The molecule has 0 fully saturated rings. The molecule has 0 atom stereocenters. The van der Waals surface area contributed by atoms with Crippen LogP contribution in [0.2, 0.25) is 0 Å². The minimum absolute atomic E-state index is 0.000324. The number of amides is 1. The molecule has 4 aromatic rings. The van der Waals surface area contributed by atoms with Gasteiger partial charge in [-0.05, 0) is 54.8 Å². The first-order valence-electron chi connectivity index (χ1n) is 11.9. The Labute approximate surface area is 210 Å². The maximum Gasteiger partial charge on any atom is 0.272 e. The number of hydrogen-bond donors (Lipinski definition) is 3. The maximum absolute atomic E-state index is 13.3. The predicted molar refractivity (Wildman–Crippen MR) is 142 cm³/mol. The first kappa shape index (κ1) is 24.7. The molecule has 0 aliphatic rings. The first-order chi connectivity index (χ1) is 17.4. The molecular weight excluding hydrogens is 454 g/mol. The molecule has 1 amide bonds. The molecule has 3 N–H and O–H groups in total. The van der Waals surface area contributed by atoms with E-state index in [9.17, 15) is 15.0 Å². The summed E-state index contributed by atoms with van der Waals surface area (Å²) in [6, 6.07) is 21.0. The minimum atomic E-state index is -0.410. The Balaban J connectivity index is 1.70. The third kappa shape index (κ3) is 5.63. The lowest BCUT2D eigenvalue weighted by Gasteiger charge is -2.12. The van der Waals surface area contributed by atoms with Gasteiger partial charge in [-0.25, -0.2) is 10.4 Å². The highest BCUT2D eigenvalue weighted by Crippen LogP contribution is 2.28. The normalized spacial score (nSPS) is 11.6. The highest BCUT2D eigenvalue weighted by atomic mass is 16.5. The van der Waals surface area contributed by atoms with Crippen molar-refractivity contribution in [3.05, 3.63) is 83.9 Å². The quantitative estimate of drug-likeness (QED) is 0.165. The molecule has 0 saturated carbocycles. The van der Waals surface area contributed by atoms with Gasteiger partial charge in [-0.1, -0.05) is 51.1 Å². The number of carbonyl (C=O) groups excluding carboxylic acids is 1. The monoisotopic (exact) mass is 483 g/mol. The highest BCUT2D eigenvalue weighted by Gasteiger charge is 2.15. The third-order valence-electron chi connectivity index (χ3n) is 5.59. The number of pyridine rings is 1. The maximum atomic E-state index is 13.3. The highest BCUT2D eigenvalue weighted by molar-refractivity contribution is 6.08. The van der Waals surface area contributed by atoms with E-state index in [1.54, 1.807) is 6.07 Å². The number of hydrazone groups is 1. The summed E-state index contributed by atoms with van der Waals surface area (Å²) in [7, 11) is 0. The van der Waals surface area contributed by atoms with Crippen molar-refractivity contribution in [3.8, 4) is 28.5 Å². The number of nitrogens with zero attached hydrogens (tertiary/aromatic N) is 2. The molecule has 0 aliphatic heterocycles. The van der Waals surface area contributed by atoms with Gasteiger partial charge in [-0.15, -0.1) is 0 Å².